The summed E-state index contributed by atoms with van der Waals surface area (Å²) in [6.07, 6.45) is 0. The Kier molecular flexibility index (Phi) is 3.23. The Hall–Kier alpha value is -1.85. The summed E-state index contributed by atoms with van der Waals surface area (Å²) in [7, 11) is 0. The Morgan fingerprint density at radius 1 is 1.10 bits per heavy atom. The van der Waals surface area contributed by atoms with Crippen LogP contribution in [0.3, 0.4) is 0 Å². The molecule has 1 aromatic heterocycles. The van der Waals surface area contributed by atoms with E-state index in [2.05, 4.69) is 15.9 Å². The van der Waals surface area contributed by atoms with Crippen LogP contribution >= 0.6 is 27.5 Å². The molecule has 2 aromatic carbocycles. The Morgan fingerprint density at radius 3 is 2.65 bits per heavy atom. The molecule has 4 nitrogen and oxygen atoms in total. The van der Waals surface area contributed by atoms with Gasteiger partial charge < -0.3 is 4.42 Å². The van der Waals surface area contributed by atoms with E-state index in [4.69, 9.17) is 16.0 Å². The van der Waals surface area contributed by atoms with Crippen molar-refractivity contribution in [1.29, 1.82) is 0 Å². The lowest BCUT2D eigenvalue weighted by atomic mass is 10.2. The maximum absolute atomic E-state index is 12.5. The largest absolute Gasteiger partial charge is 0.426 e. The van der Waals surface area contributed by atoms with E-state index in [1.54, 1.807) is 36.4 Å². The molecule has 0 saturated heterocycles. The van der Waals surface area contributed by atoms with Gasteiger partial charge >= 0.3 is 5.76 Å². The Labute approximate surface area is 126 Å². The molecule has 0 amide bonds. The van der Waals surface area contributed by atoms with Gasteiger partial charge in [-0.05, 0) is 36.4 Å². The molecular weight excluding hydrogens is 346 g/mol. The third kappa shape index (κ3) is 2.19. The van der Waals surface area contributed by atoms with Crippen molar-refractivity contribution < 1.29 is 4.42 Å². The number of fused-ring (bicyclic) bond motifs is 1. The maximum Gasteiger partial charge on any atom is 0.426 e. The van der Waals surface area contributed by atoms with Crippen LogP contribution < -0.4 is 11.3 Å². The number of halogens is 2. The lowest BCUT2D eigenvalue weighted by molar-refractivity contribution is 0.504. The van der Waals surface area contributed by atoms with Gasteiger partial charge in [0.1, 0.15) is 5.58 Å². The first kappa shape index (κ1) is 13.1. The van der Waals surface area contributed by atoms with Crippen LogP contribution in [-0.4, -0.2) is 4.57 Å². The molecule has 0 N–H and O–H groups in total. The predicted molar refractivity (Wildman–Crippen MR) is 80.8 cm³/mol. The number of nitrogens with zero attached hydrogens (tertiary/aromatic N) is 1. The van der Waals surface area contributed by atoms with Crippen LogP contribution in [0.1, 0.15) is 0 Å². The SMILES string of the molecule is O=c1oc2ccc(Br)cc2c(=O)n1-c1cccc(Cl)c1. The third-order valence-corrected chi connectivity index (χ3v) is 3.55. The number of aromatic nitrogens is 1. The van der Waals surface area contributed by atoms with Crippen molar-refractivity contribution in [3.8, 4) is 5.69 Å². The summed E-state index contributed by atoms with van der Waals surface area (Å²) < 4.78 is 6.86. The molecule has 0 unspecified atom stereocenters. The van der Waals surface area contributed by atoms with Gasteiger partial charge in [0.2, 0.25) is 0 Å². The van der Waals surface area contributed by atoms with E-state index in [0.29, 0.717) is 16.1 Å². The van der Waals surface area contributed by atoms with Crippen LogP contribution in [0.5, 0.6) is 0 Å². The van der Waals surface area contributed by atoms with Gasteiger partial charge in [-0.2, -0.15) is 0 Å². The smallest absolute Gasteiger partial charge is 0.409 e. The molecule has 1 heterocycles. The van der Waals surface area contributed by atoms with Crippen LogP contribution in [-0.2, 0) is 0 Å². The van der Waals surface area contributed by atoms with Crippen molar-refractivity contribution in [1.82, 2.24) is 4.57 Å². The fourth-order valence-corrected chi connectivity index (χ4v) is 2.48. The molecule has 0 aliphatic carbocycles. The zero-order valence-corrected chi connectivity index (χ0v) is 12.3. The van der Waals surface area contributed by atoms with E-state index >= 15 is 0 Å². The van der Waals surface area contributed by atoms with Gasteiger partial charge in [0.05, 0.1) is 11.1 Å². The average molecular weight is 353 g/mol. The summed E-state index contributed by atoms with van der Waals surface area (Å²) >= 11 is 9.18. The first-order valence-electron chi connectivity index (χ1n) is 5.67. The average Bonchev–Trinajstić information content (AvgIpc) is 2.40. The Morgan fingerprint density at radius 2 is 1.90 bits per heavy atom. The summed E-state index contributed by atoms with van der Waals surface area (Å²) in [6, 6.07) is 11.4. The fraction of sp³-hybridized carbons (Fsp3) is 0. The van der Waals surface area contributed by atoms with E-state index in [9.17, 15) is 9.59 Å². The monoisotopic (exact) mass is 351 g/mol. The van der Waals surface area contributed by atoms with Gasteiger partial charge in [0.25, 0.3) is 5.56 Å². The van der Waals surface area contributed by atoms with Crippen molar-refractivity contribution >= 4 is 38.5 Å². The number of hydrogen-bond donors (Lipinski definition) is 0. The zero-order chi connectivity index (χ0) is 14.3. The molecule has 100 valence electrons. The van der Waals surface area contributed by atoms with E-state index in [-0.39, 0.29) is 5.58 Å². The van der Waals surface area contributed by atoms with Crippen molar-refractivity contribution in [2.45, 2.75) is 0 Å². The summed E-state index contributed by atoms with van der Waals surface area (Å²) in [5.74, 6) is -0.743. The van der Waals surface area contributed by atoms with E-state index in [0.717, 1.165) is 9.04 Å². The summed E-state index contributed by atoms with van der Waals surface area (Å²) in [4.78, 5) is 24.4. The second-order valence-corrected chi connectivity index (χ2v) is 5.48. The summed E-state index contributed by atoms with van der Waals surface area (Å²) in [6.45, 7) is 0. The highest BCUT2D eigenvalue weighted by molar-refractivity contribution is 9.10. The molecule has 3 aromatic rings. The number of rotatable bonds is 1. The molecule has 0 aliphatic heterocycles. The van der Waals surface area contributed by atoms with Gasteiger partial charge in [0.15, 0.2) is 0 Å². The maximum atomic E-state index is 12.5. The van der Waals surface area contributed by atoms with Crippen LogP contribution in [0.15, 0.2) is 60.9 Å². The van der Waals surface area contributed by atoms with Crippen LogP contribution in [0.4, 0.5) is 0 Å². The fourth-order valence-electron chi connectivity index (χ4n) is 1.94. The van der Waals surface area contributed by atoms with Gasteiger partial charge in [0, 0.05) is 9.50 Å². The molecule has 0 saturated carbocycles. The Balaban J connectivity index is 2.42. The van der Waals surface area contributed by atoms with E-state index in [1.807, 2.05) is 0 Å². The second-order valence-electron chi connectivity index (χ2n) is 4.13. The van der Waals surface area contributed by atoms with Gasteiger partial charge in [-0.3, -0.25) is 4.79 Å². The molecule has 0 spiro atoms. The molecule has 0 atom stereocenters. The molecule has 0 bridgehead atoms. The standard InChI is InChI=1S/C14H7BrClNO3/c15-8-4-5-12-11(6-8)13(18)17(14(19)20-12)10-3-1-2-9(16)7-10/h1-7H. The highest BCUT2D eigenvalue weighted by Crippen LogP contribution is 2.17. The van der Waals surface area contributed by atoms with Crippen LogP contribution in [0, 0.1) is 0 Å². The minimum Gasteiger partial charge on any atom is -0.409 e. The van der Waals surface area contributed by atoms with E-state index in [1.165, 1.54) is 6.07 Å². The topological polar surface area (TPSA) is 52.2 Å². The van der Waals surface area contributed by atoms with Gasteiger partial charge in [-0.15, -0.1) is 0 Å². The molecular formula is C14H7BrClNO3. The predicted octanol–water partition coefficient (Wildman–Crippen LogP) is 3.36. The number of benzene rings is 2. The van der Waals surface area contributed by atoms with Crippen LogP contribution in [0.25, 0.3) is 16.7 Å². The Bertz CT molecular complexity index is 930. The summed E-state index contributed by atoms with van der Waals surface area (Å²) in [5.41, 5.74) is 0.180. The first-order valence-corrected chi connectivity index (χ1v) is 6.85. The quantitative estimate of drug-likeness (QED) is 0.675. The molecule has 0 aliphatic rings. The highest BCUT2D eigenvalue weighted by Gasteiger charge is 2.11. The van der Waals surface area contributed by atoms with Crippen molar-refractivity contribution in [2.75, 3.05) is 0 Å². The third-order valence-electron chi connectivity index (χ3n) is 2.82. The van der Waals surface area contributed by atoms with Crippen LogP contribution in [0.2, 0.25) is 5.02 Å². The van der Waals surface area contributed by atoms with Crippen molar-refractivity contribution in [3.05, 3.63) is 72.9 Å². The molecule has 3 rings (SSSR count). The summed E-state index contributed by atoms with van der Waals surface area (Å²) in [5, 5.41) is 0.752. The highest BCUT2D eigenvalue weighted by atomic mass is 79.9. The van der Waals surface area contributed by atoms with Crippen molar-refractivity contribution in [2.24, 2.45) is 0 Å². The zero-order valence-electron chi connectivity index (χ0n) is 9.97. The molecule has 6 heteroatoms. The van der Waals surface area contributed by atoms with Gasteiger partial charge in [-0.1, -0.05) is 33.6 Å². The molecule has 0 fully saturated rings. The van der Waals surface area contributed by atoms with Crippen molar-refractivity contribution in [3.63, 3.8) is 0 Å². The lowest BCUT2D eigenvalue weighted by Gasteiger charge is -2.05. The minimum absolute atomic E-state index is 0.251. The van der Waals surface area contributed by atoms with E-state index < -0.39 is 11.3 Å². The lowest BCUT2D eigenvalue weighted by Crippen LogP contribution is -2.30. The minimum atomic E-state index is -0.743. The molecule has 20 heavy (non-hydrogen) atoms. The normalized spacial score (nSPS) is 10.9. The number of hydrogen-bond acceptors (Lipinski definition) is 3. The first-order chi connectivity index (χ1) is 9.56. The molecule has 0 radical (unpaired) electrons. The second kappa shape index (κ2) is 4.92. The van der Waals surface area contributed by atoms with Gasteiger partial charge in [-0.25, -0.2) is 9.36 Å².